The molecule has 1 heterocycles. The van der Waals surface area contributed by atoms with Gasteiger partial charge in [0, 0.05) is 12.7 Å². The lowest BCUT2D eigenvalue weighted by Gasteiger charge is -2.07. The third-order valence-electron chi connectivity index (χ3n) is 2.90. The van der Waals surface area contributed by atoms with Crippen molar-refractivity contribution in [3.05, 3.63) is 58.2 Å². The van der Waals surface area contributed by atoms with E-state index in [0.717, 1.165) is 6.42 Å². The van der Waals surface area contributed by atoms with E-state index in [4.69, 9.17) is 17.3 Å². The number of pyridine rings is 1. The molecule has 0 aliphatic carbocycles. The van der Waals surface area contributed by atoms with E-state index in [1.165, 1.54) is 23.4 Å². The first kappa shape index (κ1) is 14.3. The van der Waals surface area contributed by atoms with Crippen LogP contribution in [-0.2, 0) is 6.42 Å². The first-order valence-electron chi connectivity index (χ1n) is 6.31. The molecule has 0 atom stereocenters. The second-order valence-corrected chi connectivity index (χ2v) is 4.99. The van der Waals surface area contributed by atoms with Crippen molar-refractivity contribution in [2.75, 3.05) is 12.3 Å². The average Bonchev–Trinajstić information content (AvgIpc) is 2.41. The highest BCUT2D eigenvalue weighted by Gasteiger charge is 2.10. The molecule has 2 rings (SSSR count). The summed E-state index contributed by atoms with van der Waals surface area (Å²) in [5, 5.41) is 3.13. The number of nitrogens with two attached hydrogens (primary N) is 1. The summed E-state index contributed by atoms with van der Waals surface area (Å²) in [7, 11) is 0. The van der Waals surface area contributed by atoms with Crippen LogP contribution in [0.1, 0.15) is 21.5 Å². The van der Waals surface area contributed by atoms with Gasteiger partial charge in [0.15, 0.2) is 0 Å². The highest BCUT2D eigenvalue weighted by molar-refractivity contribution is 6.33. The van der Waals surface area contributed by atoms with Crippen molar-refractivity contribution in [3.63, 3.8) is 0 Å². The van der Waals surface area contributed by atoms with Crippen molar-refractivity contribution in [3.8, 4) is 0 Å². The maximum atomic E-state index is 12.0. The van der Waals surface area contributed by atoms with Gasteiger partial charge in [0.25, 0.3) is 5.91 Å². The minimum Gasteiger partial charge on any atom is -0.384 e. The minimum absolute atomic E-state index is 0.239. The Balaban J connectivity index is 1.94. The Bertz CT molecular complexity index is 628. The number of carbonyl (C=O) groups excluding carboxylic acids is 1. The van der Waals surface area contributed by atoms with Gasteiger partial charge in [-0.1, -0.05) is 41.4 Å². The Morgan fingerprint density at radius 2 is 2.20 bits per heavy atom. The summed E-state index contributed by atoms with van der Waals surface area (Å²) in [6.45, 7) is 2.59. The number of aromatic nitrogens is 1. The third kappa shape index (κ3) is 3.71. The Hall–Kier alpha value is -2.07. The molecule has 3 N–H and O–H groups in total. The predicted octanol–water partition coefficient (Wildman–Crippen LogP) is 2.60. The van der Waals surface area contributed by atoms with E-state index in [1.54, 1.807) is 0 Å². The maximum Gasteiger partial charge on any atom is 0.253 e. The number of nitrogens with one attached hydrogen (secondary N) is 1. The maximum absolute atomic E-state index is 12.0. The highest BCUT2D eigenvalue weighted by Crippen LogP contribution is 2.16. The van der Waals surface area contributed by atoms with E-state index in [0.29, 0.717) is 17.1 Å². The first-order valence-corrected chi connectivity index (χ1v) is 6.69. The van der Waals surface area contributed by atoms with Gasteiger partial charge < -0.3 is 11.1 Å². The molecular weight excluding hydrogens is 274 g/mol. The minimum atomic E-state index is -0.239. The largest absolute Gasteiger partial charge is 0.384 e. The van der Waals surface area contributed by atoms with E-state index in [-0.39, 0.29) is 11.7 Å². The van der Waals surface area contributed by atoms with Crippen LogP contribution in [0.4, 0.5) is 5.82 Å². The zero-order valence-electron chi connectivity index (χ0n) is 11.2. The van der Waals surface area contributed by atoms with Crippen LogP contribution in [0.15, 0.2) is 36.5 Å². The number of aryl methyl sites for hydroxylation is 1. The second kappa shape index (κ2) is 6.39. The molecule has 0 aliphatic heterocycles. The van der Waals surface area contributed by atoms with E-state index in [2.05, 4.69) is 16.4 Å². The number of amides is 1. The Kier molecular flexibility index (Phi) is 4.58. The van der Waals surface area contributed by atoms with Gasteiger partial charge in [-0.05, 0) is 25.0 Å². The zero-order chi connectivity index (χ0) is 14.5. The first-order chi connectivity index (χ1) is 9.56. The van der Waals surface area contributed by atoms with Crippen LogP contribution < -0.4 is 11.1 Å². The summed E-state index contributed by atoms with van der Waals surface area (Å²) in [6.07, 6.45) is 2.15. The molecule has 0 bridgehead atoms. The summed E-state index contributed by atoms with van der Waals surface area (Å²) in [5.74, 6) is 0.0370. The number of hydrogen-bond acceptors (Lipinski definition) is 3. The van der Waals surface area contributed by atoms with Gasteiger partial charge in [0.2, 0.25) is 0 Å². The summed E-state index contributed by atoms with van der Waals surface area (Å²) >= 11 is 5.93. The molecule has 5 heteroatoms. The summed E-state index contributed by atoms with van der Waals surface area (Å²) in [4.78, 5) is 15.8. The molecule has 0 aliphatic rings. The summed E-state index contributed by atoms with van der Waals surface area (Å²) < 4.78 is 0. The molecule has 104 valence electrons. The van der Waals surface area contributed by atoms with Crippen molar-refractivity contribution in [2.24, 2.45) is 0 Å². The number of anilines is 1. The fourth-order valence-corrected chi connectivity index (χ4v) is 2.10. The van der Waals surface area contributed by atoms with Crippen molar-refractivity contribution >= 4 is 23.3 Å². The van der Waals surface area contributed by atoms with Crippen molar-refractivity contribution in [1.82, 2.24) is 10.3 Å². The molecule has 0 unspecified atom stereocenters. The molecule has 2 aromatic rings. The van der Waals surface area contributed by atoms with Crippen molar-refractivity contribution in [1.29, 1.82) is 0 Å². The number of nitrogen functional groups attached to an aromatic ring is 1. The van der Waals surface area contributed by atoms with Gasteiger partial charge in [-0.3, -0.25) is 4.79 Å². The smallest absolute Gasteiger partial charge is 0.253 e. The number of benzene rings is 1. The quantitative estimate of drug-likeness (QED) is 0.909. The monoisotopic (exact) mass is 289 g/mol. The van der Waals surface area contributed by atoms with Crippen LogP contribution in [0.3, 0.4) is 0 Å². The lowest BCUT2D eigenvalue weighted by atomic mass is 10.1. The molecule has 20 heavy (non-hydrogen) atoms. The molecule has 1 aromatic heterocycles. The fraction of sp³-hybridized carbons (Fsp3) is 0.200. The number of halogens is 1. The van der Waals surface area contributed by atoms with Crippen molar-refractivity contribution in [2.45, 2.75) is 13.3 Å². The molecule has 0 spiro atoms. The van der Waals surface area contributed by atoms with Crippen LogP contribution in [-0.4, -0.2) is 17.4 Å². The number of hydrogen-bond donors (Lipinski definition) is 2. The van der Waals surface area contributed by atoms with Gasteiger partial charge in [0.1, 0.15) is 5.82 Å². The van der Waals surface area contributed by atoms with Crippen LogP contribution >= 0.6 is 11.6 Å². The molecule has 0 saturated heterocycles. The number of carbonyl (C=O) groups is 1. The third-order valence-corrected chi connectivity index (χ3v) is 3.20. The van der Waals surface area contributed by atoms with Crippen LogP contribution in [0.5, 0.6) is 0 Å². The number of rotatable bonds is 4. The molecule has 0 saturated carbocycles. The Morgan fingerprint density at radius 1 is 1.40 bits per heavy atom. The summed E-state index contributed by atoms with van der Waals surface area (Å²) in [5.41, 5.74) is 8.30. The van der Waals surface area contributed by atoms with Gasteiger partial charge in [0.05, 0.1) is 10.6 Å². The lowest BCUT2D eigenvalue weighted by Crippen LogP contribution is -2.26. The average molecular weight is 290 g/mol. The van der Waals surface area contributed by atoms with E-state index in [9.17, 15) is 4.79 Å². The molecular formula is C15H16ClN3O. The van der Waals surface area contributed by atoms with Crippen molar-refractivity contribution < 1.29 is 4.79 Å². The van der Waals surface area contributed by atoms with E-state index in [1.807, 2.05) is 25.1 Å². The van der Waals surface area contributed by atoms with Crippen LogP contribution in [0, 0.1) is 6.92 Å². The Morgan fingerprint density at radius 3 is 2.95 bits per heavy atom. The standard InChI is InChI=1S/C15H16ClN3O/c1-10-3-2-4-11(7-10)5-6-18-15(20)12-8-14(17)19-9-13(12)16/h2-4,7-9H,5-6H2,1H3,(H2,17,19)(H,18,20). The number of nitrogens with zero attached hydrogens (tertiary/aromatic N) is 1. The van der Waals surface area contributed by atoms with E-state index >= 15 is 0 Å². The van der Waals surface area contributed by atoms with Gasteiger partial charge in [-0.25, -0.2) is 4.98 Å². The molecule has 1 amide bonds. The van der Waals surface area contributed by atoms with E-state index < -0.39 is 0 Å². The molecule has 0 fully saturated rings. The molecule has 0 radical (unpaired) electrons. The Labute approximate surface area is 123 Å². The highest BCUT2D eigenvalue weighted by atomic mass is 35.5. The van der Waals surface area contributed by atoms with Gasteiger partial charge >= 0.3 is 0 Å². The lowest BCUT2D eigenvalue weighted by molar-refractivity contribution is 0.0954. The normalized spacial score (nSPS) is 10.3. The molecule has 4 nitrogen and oxygen atoms in total. The topological polar surface area (TPSA) is 68.0 Å². The predicted molar refractivity (Wildman–Crippen MR) is 80.9 cm³/mol. The zero-order valence-corrected chi connectivity index (χ0v) is 11.9. The van der Waals surface area contributed by atoms with Gasteiger partial charge in [-0.2, -0.15) is 0 Å². The fourth-order valence-electron chi connectivity index (χ4n) is 1.91. The second-order valence-electron chi connectivity index (χ2n) is 4.58. The SMILES string of the molecule is Cc1cccc(CCNC(=O)c2cc(N)ncc2Cl)c1. The molecule has 1 aromatic carbocycles. The van der Waals surface area contributed by atoms with Crippen LogP contribution in [0.2, 0.25) is 5.02 Å². The van der Waals surface area contributed by atoms with Crippen LogP contribution in [0.25, 0.3) is 0 Å². The van der Waals surface area contributed by atoms with Gasteiger partial charge in [-0.15, -0.1) is 0 Å². The summed E-state index contributed by atoms with van der Waals surface area (Å²) in [6, 6.07) is 9.67.